The summed E-state index contributed by atoms with van der Waals surface area (Å²) in [6, 6.07) is 4.40. The van der Waals surface area contributed by atoms with Crippen LogP contribution in [0.5, 0.6) is 0 Å². The first-order chi connectivity index (χ1) is 7.39. The van der Waals surface area contributed by atoms with Crippen molar-refractivity contribution in [3.8, 4) is 0 Å². The largest absolute Gasteiger partial charge is 0.346 e. The monoisotopic (exact) mass is 312 g/mol. The Bertz CT molecular complexity index is 372. The summed E-state index contributed by atoms with van der Waals surface area (Å²) in [7, 11) is -3.32. The highest BCUT2D eigenvalue weighted by Gasteiger charge is 2.42. The lowest BCUT2D eigenvalue weighted by atomic mass is 10.1. The minimum Gasteiger partial charge on any atom is -0.346 e. The molecule has 0 aliphatic carbocycles. The van der Waals surface area contributed by atoms with Crippen LogP contribution in [0, 0.1) is 0 Å². The molecule has 0 heterocycles. The molecule has 0 spiro atoms. The molecule has 0 radical (unpaired) electrons. The van der Waals surface area contributed by atoms with Crippen molar-refractivity contribution in [3.63, 3.8) is 0 Å². The van der Waals surface area contributed by atoms with Gasteiger partial charge in [0.15, 0.2) is 0 Å². The first-order valence-electron chi connectivity index (χ1n) is 4.74. The zero-order valence-corrected chi connectivity index (χ0v) is 11.1. The van der Waals surface area contributed by atoms with Crippen LogP contribution in [0.3, 0.4) is 0 Å². The van der Waals surface area contributed by atoms with Gasteiger partial charge in [0, 0.05) is 10.0 Å². The number of halogens is 3. The summed E-state index contributed by atoms with van der Waals surface area (Å²) in [6.45, 7) is 2.00. The molecule has 0 unspecified atom stereocenters. The van der Waals surface area contributed by atoms with Crippen LogP contribution in [0.15, 0.2) is 22.7 Å². The van der Waals surface area contributed by atoms with Gasteiger partial charge in [0.2, 0.25) is 8.38 Å². The molecular formula is C10H12BrF2O2P. The molecule has 6 heteroatoms. The maximum absolute atomic E-state index is 13.4. The SMILES string of the molecule is CCCc1ccc(C(F)(F)P(O)O)c(Br)c1. The fourth-order valence-corrected chi connectivity index (χ4v) is 2.59. The lowest BCUT2D eigenvalue weighted by Gasteiger charge is -2.19. The zero-order chi connectivity index (χ0) is 12.3. The summed E-state index contributed by atoms with van der Waals surface area (Å²) >= 11 is 3.03. The smallest absolute Gasteiger partial charge is 0.340 e. The average molecular weight is 313 g/mol. The number of benzene rings is 1. The molecule has 0 amide bonds. The molecule has 2 N–H and O–H groups in total. The van der Waals surface area contributed by atoms with E-state index in [1.165, 1.54) is 6.07 Å². The molecule has 0 fully saturated rings. The molecule has 0 atom stereocenters. The number of rotatable bonds is 4. The van der Waals surface area contributed by atoms with Gasteiger partial charge in [-0.05, 0) is 18.1 Å². The van der Waals surface area contributed by atoms with Gasteiger partial charge in [0.05, 0.1) is 0 Å². The number of hydrogen-bond acceptors (Lipinski definition) is 2. The van der Waals surface area contributed by atoms with Crippen molar-refractivity contribution >= 4 is 24.3 Å². The van der Waals surface area contributed by atoms with Gasteiger partial charge in [0.25, 0.3) is 0 Å². The second kappa shape index (κ2) is 5.50. The molecule has 0 bridgehead atoms. The van der Waals surface area contributed by atoms with Crippen LogP contribution in [0.25, 0.3) is 0 Å². The van der Waals surface area contributed by atoms with E-state index in [1.54, 1.807) is 12.1 Å². The van der Waals surface area contributed by atoms with Gasteiger partial charge >= 0.3 is 5.66 Å². The van der Waals surface area contributed by atoms with Crippen molar-refractivity contribution in [1.82, 2.24) is 0 Å². The van der Waals surface area contributed by atoms with Crippen molar-refractivity contribution in [1.29, 1.82) is 0 Å². The van der Waals surface area contributed by atoms with Gasteiger partial charge in [-0.25, -0.2) is 0 Å². The van der Waals surface area contributed by atoms with Gasteiger partial charge in [-0.15, -0.1) is 0 Å². The molecule has 1 rings (SSSR count). The lowest BCUT2D eigenvalue weighted by molar-refractivity contribution is 0.0724. The Labute approximate surface area is 102 Å². The van der Waals surface area contributed by atoms with Crippen LogP contribution in [-0.4, -0.2) is 9.79 Å². The molecule has 1 aromatic carbocycles. The van der Waals surface area contributed by atoms with Crippen LogP contribution in [0.1, 0.15) is 24.5 Å². The molecule has 0 aliphatic rings. The quantitative estimate of drug-likeness (QED) is 0.831. The Balaban J connectivity index is 3.08. The zero-order valence-electron chi connectivity index (χ0n) is 8.62. The third kappa shape index (κ3) is 2.98. The number of alkyl halides is 2. The number of aryl methyl sites for hydroxylation is 1. The highest BCUT2D eigenvalue weighted by molar-refractivity contribution is 9.10. The number of hydrogen-bond donors (Lipinski definition) is 2. The Morgan fingerprint density at radius 1 is 1.38 bits per heavy atom. The summed E-state index contributed by atoms with van der Waals surface area (Å²) in [5.41, 5.74) is -3.04. The van der Waals surface area contributed by atoms with Crippen molar-refractivity contribution < 1.29 is 18.6 Å². The second-order valence-electron chi connectivity index (χ2n) is 3.39. The fraction of sp³-hybridized carbons (Fsp3) is 0.400. The van der Waals surface area contributed by atoms with Crippen molar-refractivity contribution in [2.75, 3.05) is 0 Å². The first kappa shape index (κ1) is 14.0. The Morgan fingerprint density at radius 3 is 2.44 bits per heavy atom. The van der Waals surface area contributed by atoms with E-state index < -0.39 is 14.0 Å². The minimum atomic E-state index is -3.60. The summed E-state index contributed by atoms with van der Waals surface area (Å²) in [6.07, 6.45) is 1.73. The molecule has 0 aliphatic heterocycles. The van der Waals surface area contributed by atoms with E-state index in [-0.39, 0.29) is 10.0 Å². The molecule has 0 saturated carbocycles. The van der Waals surface area contributed by atoms with Gasteiger partial charge < -0.3 is 9.79 Å². The highest BCUT2D eigenvalue weighted by Crippen LogP contribution is 2.54. The molecule has 90 valence electrons. The van der Waals surface area contributed by atoms with E-state index in [2.05, 4.69) is 15.9 Å². The summed E-state index contributed by atoms with van der Waals surface area (Å²) in [5, 5.41) is 0. The maximum Gasteiger partial charge on any atom is 0.340 e. The normalized spacial score (nSPS) is 12.2. The Hall–Kier alpha value is -0.0900. The first-order valence-corrected chi connectivity index (χ1v) is 6.78. The van der Waals surface area contributed by atoms with Crippen LogP contribution in [0.4, 0.5) is 8.78 Å². The summed E-state index contributed by atoms with van der Waals surface area (Å²) < 4.78 is 26.9. The summed E-state index contributed by atoms with van der Waals surface area (Å²) in [5.74, 6) is 0. The van der Waals surface area contributed by atoms with Gasteiger partial charge in [-0.2, -0.15) is 8.78 Å². The van der Waals surface area contributed by atoms with Gasteiger partial charge in [-0.3, -0.25) is 0 Å². The van der Waals surface area contributed by atoms with Gasteiger partial charge in [-0.1, -0.05) is 41.4 Å². The molecule has 0 aromatic heterocycles. The standard InChI is InChI=1S/C10H12BrF2O2P/c1-2-3-7-4-5-8(9(11)6-7)10(12,13)16(14)15/h4-6,14-15H,2-3H2,1H3. The topological polar surface area (TPSA) is 40.5 Å². The molecule has 16 heavy (non-hydrogen) atoms. The Morgan fingerprint density at radius 2 is 2.00 bits per heavy atom. The average Bonchev–Trinajstić information content (AvgIpc) is 2.17. The fourth-order valence-electron chi connectivity index (χ4n) is 1.35. The maximum atomic E-state index is 13.4. The second-order valence-corrected chi connectivity index (χ2v) is 5.39. The third-order valence-electron chi connectivity index (χ3n) is 2.15. The lowest BCUT2D eigenvalue weighted by Crippen LogP contribution is -2.11. The van der Waals surface area contributed by atoms with E-state index >= 15 is 0 Å². The van der Waals surface area contributed by atoms with Gasteiger partial charge in [0.1, 0.15) is 0 Å². The molecular weight excluding hydrogens is 301 g/mol. The van der Waals surface area contributed by atoms with Crippen molar-refractivity contribution in [3.05, 3.63) is 33.8 Å². The van der Waals surface area contributed by atoms with Crippen LogP contribution in [-0.2, 0) is 12.1 Å². The van der Waals surface area contributed by atoms with Crippen LogP contribution >= 0.6 is 24.3 Å². The van der Waals surface area contributed by atoms with Crippen molar-refractivity contribution in [2.45, 2.75) is 25.4 Å². The predicted octanol–water partition coefficient (Wildman–Crippen LogP) is 3.75. The predicted molar refractivity (Wildman–Crippen MR) is 63.4 cm³/mol. The highest BCUT2D eigenvalue weighted by atomic mass is 79.9. The van der Waals surface area contributed by atoms with E-state index in [9.17, 15) is 8.78 Å². The molecule has 1 aromatic rings. The van der Waals surface area contributed by atoms with E-state index in [4.69, 9.17) is 9.79 Å². The molecule has 0 saturated heterocycles. The van der Waals surface area contributed by atoms with Crippen molar-refractivity contribution in [2.24, 2.45) is 0 Å². The summed E-state index contributed by atoms with van der Waals surface area (Å²) in [4.78, 5) is 17.4. The van der Waals surface area contributed by atoms with Crippen LogP contribution < -0.4 is 0 Å². The van der Waals surface area contributed by atoms with E-state index in [0.29, 0.717) is 0 Å². The van der Waals surface area contributed by atoms with E-state index in [0.717, 1.165) is 18.4 Å². The Kier molecular flexibility index (Phi) is 4.80. The minimum absolute atomic E-state index is 0.207. The van der Waals surface area contributed by atoms with Crippen LogP contribution in [0.2, 0.25) is 0 Å². The van der Waals surface area contributed by atoms with E-state index in [1.807, 2.05) is 6.92 Å². The molecule has 2 nitrogen and oxygen atoms in total. The third-order valence-corrected chi connectivity index (χ3v) is 3.55.